The summed E-state index contributed by atoms with van der Waals surface area (Å²) in [6, 6.07) is 27.2. The molecule has 0 fully saturated rings. The van der Waals surface area contributed by atoms with E-state index in [-0.39, 0.29) is 0 Å². The molecule has 0 bridgehead atoms. The highest BCUT2D eigenvalue weighted by Crippen LogP contribution is 2.69. The summed E-state index contributed by atoms with van der Waals surface area (Å²) in [7, 11) is 0. The molecular weight excluding hydrogens is 320 g/mol. The zero-order chi connectivity index (χ0) is 16.1. The fourth-order valence-corrected chi connectivity index (χ4v) is 6.95. The minimum absolute atomic E-state index is 0.490. The molecule has 2 atom stereocenters. The summed E-state index contributed by atoms with van der Waals surface area (Å²) in [5.41, 5.74) is 9.11. The second-order valence-electron chi connectivity index (χ2n) is 7.23. The first-order valence-electron chi connectivity index (χ1n) is 8.85. The highest BCUT2D eigenvalue weighted by molar-refractivity contribution is 8.01. The minimum atomic E-state index is 0.490. The summed E-state index contributed by atoms with van der Waals surface area (Å²) in [4.78, 5) is 0. The fourth-order valence-electron chi connectivity index (χ4n) is 5.21. The smallest absolute Gasteiger partial charge is 0.0572 e. The molecule has 3 aliphatic rings. The SMILES string of the molecule is c1cc2c3c(cccc3c1)C1SC3C(=C21)c1cccc2cccc3c12. The molecule has 1 aliphatic heterocycles. The van der Waals surface area contributed by atoms with Gasteiger partial charge in [-0.05, 0) is 54.9 Å². The molecule has 0 N–H and O–H groups in total. The number of thioether (sulfide) groups is 1. The molecule has 1 heterocycles. The van der Waals surface area contributed by atoms with Gasteiger partial charge in [-0.25, -0.2) is 0 Å². The average molecular weight is 334 g/mol. The number of hydrogen-bond acceptors (Lipinski definition) is 1. The van der Waals surface area contributed by atoms with Crippen LogP contribution in [-0.2, 0) is 0 Å². The van der Waals surface area contributed by atoms with Gasteiger partial charge in [-0.15, -0.1) is 11.8 Å². The summed E-state index contributed by atoms with van der Waals surface area (Å²) in [6.07, 6.45) is 0. The van der Waals surface area contributed by atoms with Gasteiger partial charge in [-0.2, -0.15) is 0 Å². The van der Waals surface area contributed by atoms with Crippen LogP contribution in [0.4, 0.5) is 0 Å². The standard InChI is InChI=1S/C24H14S/c1-5-13-7-3-11-17-19(13)15(9-1)21-22-16-10-2-6-14-8-4-12-18(20(14)16)24(22)25-23(17)21/h1-12,23-24H. The van der Waals surface area contributed by atoms with Crippen molar-refractivity contribution < 1.29 is 0 Å². The van der Waals surface area contributed by atoms with Crippen molar-refractivity contribution >= 4 is 44.5 Å². The van der Waals surface area contributed by atoms with Crippen LogP contribution in [0.5, 0.6) is 0 Å². The number of hydrogen-bond donors (Lipinski definition) is 0. The maximum Gasteiger partial charge on any atom is 0.0572 e. The highest BCUT2D eigenvalue weighted by atomic mass is 32.2. The van der Waals surface area contributed by atoms with Gasteiger partial charge in [-0.3, -0.25) is 0 Å². The van der Waals surface area contributed by atoms with Gasteiger partial charge in [-0.1, -0.05) is 72.8 Å². The maximum absolute atomic E-state index is 2.34. The van der Waals surface area contributed by atoms with Gasteiger partial charge in [0.05, 0.1) is 10.5 Å². The normalized spacial score (nSPS) is 22.1. The average Bonchev–Trinajstić information content (AvgIpc) is 3.28. The molecule has 116 valence electrons. The van der Waals surface area contributed by atoms with E-state index in [0.717, 1.165) is 0 Å². The Kier molecular flexibility index (Phi) is 2.14. The van der Waals surface area contributed by atoms with Gasteiger partial charge in [0.25, 0.3) is 0 Å². The molecule has 0 radical (unpaired) electrons. The summed E-state index contributed by atoms with van der Waals surface area (Å²) >= 11 is 2.14. The second kappa shape index (κ2) is 4.17. The van der Waals surface area contributed by atoms with Crippen molar-refractivity contribution in [3.63, 3.8) is 0 Å². The first-order valence-corrected chi connectivity index (χ1v) is 9.79. The monoisotopic (exact) mass is 334 g/mol. The van der Waals surface area contributed by atoms with Crippen LogP contribution in [0.25, 0.3) is 32.7 Å². The van der Waals surface area contributed by atoms with E-state index in [9.17, 15) is 0 Å². The predicted molar refractivity (Wildman–Crippen MR) is 108 cm³/mol. The quantitative estimate of drug-likeness (QED) is 0.342. The lowest BCUT2D eigenvalue weighted by atomic mass is 9.95. The van der Waals surface area contributed by atoms with Crippen molar-refractivity contribution in [1.82, 2.24) is 0 Å². The zero-order valence-electron chi connectivity index (χ0n) is 13.5. The summed E-state index contributed by atoms with van der Waals surface area (Å²) in [5, 5.41) is 6.69. The van der Waals surface area contributed by atoms with Gasteiger partial charge >= 0.3 is 0 Å². The first-order chi connectivity index (χ1) is 12.4. The molecule has 2 unspecified atom stereocenters. The Bertz CT molecular complexity index is 1170. The molecular formula is C24H14S. The lowest BCUT2D eigenvalue weighted by Gasteiger charge is -2.12. The van der Waals surface area contributed by atoms with Crippen molar-refractivity contribution in [1.29, 1.82) is 0 Å². The Morgan fingerprint density at radius 2 is 0.960 bits per heavy atom. The number of fused-ring (bicyclic) bond motifs is 6. The maximum atomic E-state index is 2.34. The van der Waals surface area contributed by atoms with E-state index in [0.29, 0.717) is 10.5 Å². The Hall–Kier alpha value is -2.51. The predicted octanol–water partition coefficient (Wildman–Crippen LogP) is 6.76. The van der Waals surface area contributed by atoms with Gasteiger partial charge < -0.3 is 0 Å². The molecule has 4 aromatic rings. The van der Waals surface area contributed by atoms with Crippen LogP contribution < -0.4 is 0 Å². The van der Waals surface area contributed by atoms with Crippen LogP contribution in [-0.4, -0.2) is 0 Å². The molecule has 0 aromatic heterocycles. The number of benzene rings is 4. The second-order valence-corrected chi connectivity index (χ2v) is 8.44. The van der Waals surface area contributed by atoms with E-state index in [4.69, 9.17) is 0 Å². The Labute approximate surface area is 150 Å². The third-order valence-corrected chi connectivity index (χ3v) is 7.63. The van der Waals surface area contributed by atoms with Gasteiger partial charge in [0.2, 0.25) is 0 Å². The third kappa shape index (κ3) is 1.36. The molecule has 4 aromatic carbocycles. The fraction of sp³-hybridized carbons (Fsp3) is 0.0833. The molecule has 0 saturated heterocycles. The van der Waals surface area contributed by atoms with Gasteiger partial charge in [0, 0.05) is 0 Å². The lowest BCUT2D eigenvalue weighted by Crippen LogP contribution is -1.88. The lowest BCUT2D eigenvalue weighted by molar-refractivity contribution is 1.32. The third-order valence-electron chi connectivity index (χ3n) is 6.11. The Morgan fingerprint density at radius 3 is 1.44 bits per heavy atom. The number of rotatable bonds is 0. The molecule has 7 rings (SSSR count). The van der Waals surface area contributed by atoms with Crippen LogP contribution >= 0.6 is 11.8 Å². The first kappa shape index (κ1) is 12.8. The molecule has 0 nitrogen and oxygen atoms in total. The summed E-state index contributed by atoms with van der Waals surface area (Å²) in [5.74, 6) is 0. The minimum Gasteiger partial charge on any atom is -0.136 e. The highest BCUT2D eigenvalue weighted by Gasteiger charge is 2.45. The molecule has 25 heavy (non-hydrogen) atoms. The van der Waals surface area contributed by atoms with Crippen molar-refractivity contribution in [3.05, 3.63) is 95.1 Å². The van der Waals surface area contributed by atoms with E-state index in [1.807, 2.05) is 0 Å². The molecule has 1 heteroatoms. The Balaban J connectivity index is 1.65. The largest absolute Gasteiger partial charge is 0.136 e. The van der Waals surface area contributed by atoms with Crippen LogP contribution in [0.15, 0.2) is 72.8 Å². The van der Waals surface area contributed by atoms with E-state index < -0.39 is 0 Å². The van der Waals surface area contributed by atoms with E-state index in [1.165, 1.54) is 43.8 Å². The van der Waals surface area contributed by atoms with Crippen LogP contribution in [0.3, 0.4) is 0 Å². The summed E-state index contributed by atoms with van der Waals surface area (Å²) in [6.45, 7) is 0. The molecule has 0 spiro atoms. The topological polar surface area (TPSA) is 0 Å². The molecule has 0 saturated carbocycles. The van der Waals surface area contributed by atoms with E-state index >= 15 is 0 Å². The van der Waals surface area contributed by atoms with Crippen molar-refractivity contribution in [2.45, 2.75) is 10.5 Å². The molecule has 2 aliphatic carbocycles. The van der Waals surface area contributed by atoms with Crippen LogP contribution in [0.1, 0.15) is 32.8 Å². The van der Waals surface area contributed by atoms with Crippen LogP contribution in [0, 0.1) is 0 Å². The van der Waals surface area contributed by atoms with Gasteiger partial charge in [0.15, 0.2) is 0 Å². The zero-order valence-corrected chi connectivity index (χ0v) is 14.3. The van der Waals surface area contributed by atoms with Crippen LogP contribution in [0.2, 0.25) is 0 Å². The van der Waals surface area contributed by atoms with Gasteiger partial charge in [0.1, 0.15) is 0 Å². The van der Waals surface area contributed by atoms with E-state index in [2.05, 4.69) is 84.6 Å². The summed E-state index contributed by atoms with van der Waals surface area (Å²) < 4.78 is 0. The van der Waals surface area contributed by atoms with Crippen molar-refractivity contribution in [3.8, 4) is 0 Å². The van der Waals surface area contributed by atoms with E-state index in [1.54, 1.807) is 11.1 Å². The molecule has 0 amide bonds. The van der Waals surface area contributed by atoms with Crippen molar-refractivity contribution in [2.24, 2.45) is 0 Å². The Morgan fingerprint density at radius 1 is 0.520 bits per heavy atom. The van der Waals surface area contributed by atoms with Crippen molar-refractivity contribution in [2.75, 3.05) is 0 Å².